The van der Waals surface area contributed by atoms with Crippen molar-refractivity contribution in [1.82, 2.24) is 0 Å². The minimum atomic E-state index is -0.580. The van der Waals surface area contributed by atoms with Crippen LogP contribution in [0.2, 0.25) is 0 Å². The van der Waals surface area contributed by atoms with E-state index in [-0.39, 0.29) is 23.9 Å². The molecule has 0 heterocycles. The molecule has 0 radical (unpaired) electrons. The fourth-order valence-electron chi connectivity index (χ4n) is 3.15. The van der Waals surface area contributed by atoms with Gasteiger partial charge in [0.1, 0.15) is 5.92 Å². The van der Waals surface area contributed by atoms with Gasteiger partial charge in [0.2, 0.25) is 0 Å². The second kappa shape index (κ2) is 4.85. The Morgan fingerprint density at radius 1 is 0.875 bits per heavy atom. The molecule has 3 heteroatoms. The fraction of sp³-hybridized carbons (Fsp3) is 0.846. The lowest BCUT2D eigenvalue weighted by molar-refractivity contribution is -0.147. The van der Waals surface area contributed by atoms with Gasteiger partial charge in [0.15, 0.2) is 0 Å². The first-order chi connectivity index (χ1) is 7.45. The Kier molecular flexibility index (Phi) is 3.94. The third-order valence-electron chi connectivity index (χ3n) is 3.88. The molecule has 0 aromatic heterocycles. The lowest BCUT2D eigenvalue weighted by Crippen LogP contribution is -2.57. The molecule has 1 aliphatic rings. The molecule has 1 N–H and O–H groups in total. The fourth-order valence-corrected chi connectivity index (χ4v) is 3.15. The Bertz CT molecular complexity index is 294. The maximum atomic E-state index is 10.1. The van der Waals surface area contributed by atoms with Crippen molar-refractivity contribution in [2.45, 2.75) is 33.8 Å². The molecule has 3 nitrogen and oxygen atoms in total. The Labute approximate surface area is 97.7 Å². The third-order valence-corrected chi connectivity index (χ3v) is 3.88. The van der Waals surface area contributed by atoms with Crippen LogP contribution in [0.25, 0.3) is 0 Å². The van der Waals surface area contributed by atoms with Gasteiger partial charge >= 0.3 is 0 Å². The molecule has 1 rings (SSSR count). The van der Waals surface area contributed by atoms with Crippen LogP contribution in [0.5, 0.6) is 0 Å². The lowest BCUT2D eigenvalue weighted by atomic mass is 9.52. The van der Waals surface area contributed by atoms with Gasteiger partial charge in [-0.25, -0.2) is 0 Å². The van der Waals surface area contributed by atoms with Crippen LogP contribution in [0.3, 0.4) is 0 Å². The molecular formula is C13H20N2O. The molecular weight excluding hydrogens is 200 g/mol. The minimum Gasteiger partial charge on any atom is -0.393 e. The second-order valence-electron chi connectivity index (χ2n) is 5.45. The highest BCUT2D eigenvalue weighted by Gasteiger charge is 2.55. The van der Waals surface area contributed by atoms with E-state index in [4.69, 9.17) is 10.5 Å². The van der Waals surface area contributed by atoms with Gasteiger partial charge in [-0.3, -0.25) is 0 Å². The Morgan fingerprint density at radius 2 is 1.25 bits per heavy atom. The zero-order chi connectivity index (χ0) is 12.5. The van der Waals surface area contributed by atoms with Gasteiger partial charge in [-0.15, -0.1) is 0 Å². The number of nitriles is 2. The van der Waals surface area contributed by atoms with Crippen molar-refractivity contribution in [2.24, 2.45) is 35.5 Å². The number of nitrogens with zero attached hydrogens (tertiary/aromatic N) is 2. The summed E-state index contributed by atoms with van der Waals surface area (Å²) in [5.41, 5.74) is 0. The van der Waals surface area contributed by atoms with Crippen molar-refractivity contribution in [3.8, 4) is 12.1 Å². The zero-order valence-corrected chi connectivity index (χ0v) is 10.4. The van der Waals surface area contributed by atoms with Crippen LogP contribution in [0.15, 0.2) is 0 Å². The molecule has 0 aliphatic heterocycles. The number of aliphatic hydroxyl groups excluding tert-OH is 1. The molecule has 1 saturated carbocycles. The smallest absolute Gasteiger partial charge is 0.136 e. The summed E-state index contributed by atoms with van der Waals surface area (Å²) in [6.07, 6.45) is -0.353. The quantitative estimate of drug-likeness (QED) is 0.792. The van der Waals surface area contributed by atoms with Crippen LogP contribution in [0.4, 0.5) is 0 Å². The van der Waals surface area contributed by atoms with E-state index in [2.05, 4.69) is 12.1 Å². The Balaban J connectivity index is 2.92. The van der Waals surface area contributed by atoms with Crippen molar-refractivity contribution in [1.29, 1.82) is 10.5 Å². The highest BCUT2D eigenvalue weighted by Crippen LogP contribution is 2.51. The van der Waals surface area contributed by atoms with Crippen LogP contribution in [0, 0.1) is 58.2 Å². The van der Waals surface area contributed by atoms with Gasteiger partial charge in [0.05, 0.1) is 18.2 Å². The molecule has 0 amide bonds. The predicted molar refractivity (Wildman–Crippen MR) is 60.9 cm³/mol. The van der Waals surface area contributed by atoms with Gasteiger partial charge in [-0.05, 0) is 29.6 Å². The van der Waals surface area contributed by atoms with E-state index >= 15 is 0 Å². The first-order valence-corrected chi connectivity index (χ1v) is 5.93. The van der Waals surface area contributed by atoms with Crippen LogP contribution >= 0.6 is 0 Å². The standard InChI is InChI=1S/C13H20N2O/c1-7(2)10-12(9(5-14)6-15)11(8(3)4)13(10)16/h7-13,16H,1-4H3. The second-order valence-corrected chi connectivity index (χ2v) is 5.45. The summed E-state index contributed by atoms with van der Waals surface area (Å²) in [5, 5.41) is 28.1. The maximum absolute atomic E-state index is 10.1. The van der Waals surface area contributed by atoms with Gasteiger partial charge in [-0.1, -0.05) is 27.7 Å². The van der Waals surface area contributed by atoms with Gasteiger partial charge < -0.3 is 5.11 Å². The van der Waals surface area contributed by atoms with Crippen molar-refractivity contribution >= 4 is 0 Å². The summed E-state index contributed by atoms with van der Waals surface area (Å²) in [7, 11) is 0. The van der Waals surface area contributed by atoms with Crippen molar-refractivity contribution in [3.05, 3.63) is 0 Å². The topological polar surface area (TPSA) is 67.8 Å². The molecule has 1 aliphatic carbocycles. The van der Waals surface area contributed by atoms with Crippen LogP contribution in [-0.2, 0) is 0 Å². The van der Waals surface area contributed by atoms with Crippen LogP contribution in [0.1, 0.15) is 27.7 Å². The number of hydrogen-bond acceptors (Lipinski definition) is 3. The molecule has 0 aromatic carbocycles. The molecule has 88 valence electrons. The first-order valence-electron chi connectivity index (χ1n) is 5.93. The third kappa shape index (κ3) is 1.93. The number of aliphatic hydroxyl groups is 1. The molecule has 16 heavy (non-hydrogen) atoms. The van der Waals surface area contributed by atoms with Gasteiger partial charge in [0.25, 0.3) is 0 Å². The monoisotopic (exact) mass is 220 g/mol. The predicted octanol–water partition coefficient (Wildman–Crippen LogP) is 2.18. The zero-order valence-electron chi connectivity index (χ0n) is 10.4. The summed E-state index contributed by atoms with van der Waals surface area (Å²) < 4.78 is 0. The molecule has 0 saturated heterocycles. The van der Waals surface area contributed by atoms with E-state index < -0.39 is 5.92 Å². The first kappa shape index (κ1) is 13.0. The molecule has 1 fully saturated rings. The van der Waals surface area contributed by atoms with Crippen molar-refractivity contribution < 1.29 is 5.11 Å². The Hall–Kier alpha value is -1.06. The van der Waals surface area contributed by atoms with E-state index in [0.29, 0.717) is 11.8 Å². The van der Waals surface area contributed by atoms with Gasteiger partial charge in [0, 0.05) is 0 Å². The van der Waals surface area contributed by atoms with E-state index in [1.165, 1.54) is 0 Å². The average Bonchev–Trinajstić information content (AvgIpc) is 2.16. The van der Waals surface area contributed by atoms with E-state index in [1.54, 1.807) is 0 Å². The summed E-state index contributed by atoms with van der Waals surface area (Å²) in [6, 6.07) is 4.14. The number of rotatable bonds is 3. The maximum Gasteiger partial charge on any atom is 0.136 e. The highest BCUT2D eigenvalue weighted by molar-refractivity contribution is 5.13. The molecule has 0 spiro atoms. The summed E-state index contributed by atoms with van der Waals surface area (Å²) in [4.78, 5) is 0. The normalized spacial score (nSPS) is 33.6. The SMILES string of the molecule is CC(C)C1C(O)C(C(C)C)C1C(C#N)C#N. The molecule has 2 unspecified atom stereocenters. The minimum absolute atomic E-state index is 0.0324. The largest absolute Gasteiger partial charge is 0.393 e. The van der Waals surface area contributed by atoms with E-state index in [1.807, 2.05) is 27.7 Å². The van der Waals surface area contributed by atoms with Crippen molar-refractivity contribution in [3.63, 3.8) is 0 Å². The number of hydrogen-bond donors (Lipinski definition) is 1. The summed E-state index contributed by atoms with van der Waals surface area (Å²) in [5.74, 6) is 0.278. The van der Waals surface area contributed by atoms with Crippen molar-refractivity contribution in [2.75, 3.05) is 0 Å². The van der Waals surface area contributed by atoms with Gasteiger partial charge in [-0.2, -0.15) is 10.5 Å². The Morgan fingerprint density at radius 3 is 1.50 bits per heavy atom. The van der Waals surface area contributed by atoms with Crippen LogP contribution < -0.4 is 0 Å². The van der Waals surface area contributed by atoms with E-state index in [9.17, 15) is 5.11 Å². The molecule has 0 aromatic rings. The molecule has 2 atom stereocenters. The highest BCUT2D eigenvalue weighted by atomic mass is 16.3. The average molecular weight is 220 g/mol. The molecule has 0 bridgehead atoms. The van der Waals surface area contributed by atoms with E-state index in [0.717, 1.165) is 0 Å². The van der Waals surface area contributed by atoms with Crippen LogP contribution in [-0.4, -0.2) is 11.2 Å². The summed E-state index contributed by atoms with van der Waals surface area (Å²) >= 11 is 0. The lowest BCUT2D eigenvalue weighted by Gasteiger charge is -2.54. The summed E-state index contributed by atoms with van der Waals surface area (Å²) in [6.45, 7) is 8.18.